The number of ketones is 1. The van der Waals surface area contributed by atoms with Gasteiger partial charge in [-0.3, -0.25) is 9.59 Å². The van der Waals surface area contributed by atoms with Crippen LogP contribution >= 0.6 is 0 Å². The fourth-order valence-electron chi connectivity index (χ4n) is 3.62. The van der Waals surface area contributed by atoms with Crippen LogP contribution < -0.4 is 5.32 Å². The SMILES string of the molecule is O=C(COC(c1ccccc1)c1ccccc1)N[C@@H]1CC(=O)c2ccccc21. The predicted molar refractivity (Wildman–Crippen MR) is 107 cm³/mol. The second kappa shape index (κ2) is 8.19. The number of nitrogens with one attached hydrogen (secondary N) is 1. The van der Waals surface area contributed by atoms with Gasteiger partial charge in [-0.25, -0.2) is 0 Å². The highest BCUT2D eigenvalue weighted by Crippen LogP contribution is 2.31. The number of Topliss-reactive ketones (excluding diaryl/α,β-unsaturated/α-hetero) is 1. The van der Waals surface area contributed by atoms with Crippen LogP contribution in [0.4, 0.5) is 0 Å². The second-order valence-corrected chi connectivity index (χ2v) is 6.85. The van der Waals surface area contributed by atoms with Crippen molar-refractivity contribution in [2.45, 2.75) is 18.6 Å². The zero-order valence-corrected chi connectivity index (χ0v) is 15.4. The zero-order valence-electron chi connectivity index (χ0n) is 15.4. The molecule has 0 aromatic heterocycles. The lowest BCUT2D eigenvalue weighted by Gasteiger charge is -2.20. The third-order valence-electron chi connectivity index (χ3n) is 4.95. The van der Waals surface area contributed by atoms with E-state index in [0.717, 1.165) is 16.7 Å². The van der Waals surface area contributed by atoms with E-state index in [9.17, 15) is 9.59 Å². The number of hydrogen-bond acceptors (Lipinski definition) is 3. The predicted octanol–water partition coefficient (Wildman–Crippen LogP) is 4.24. The van der Waals surface area contributed by atoms with E-state index in [1.807, 2.05) is 78.9 Å². The summed E-state index contributed by atoms with van der Waals surface area (Å²) in [5.41, 5.74) is 3.55. The van der Waals surface area contributed by atoms with Crippen LogP contribution in [0, 0.1) is 0 Å². The number of carbonyl (C=O) groups is 2. The molecule has 28 heavy (non-hydrogen) atoms. The summed E-state index contributed by atoms with van der Waals surface area (Å²) in [5, 5.41) is 2.94. The van der Waals surface area contributed by atoms with Gasteiger partial charge in [-0.05, 0) is 16.7 Å². The van der Waals surface area contributed by atoms with Gasteiger partial charge < -0.3 is 10.1 Å². The van der Waals surface area contributed by atoms with Crippen molar-refractivity contribution in [3.63, 3.8) is 0 Å². The summed E-state index contributed by atoms with van der Waals surface area (Å²) < 4.78 is 6.00. The van der Waals surface area contributed by atoms with Crippen LogP contribution in [0.2, 0.25) is 0 Å². The maximum absolute atomic E-state index is 12.5. The Morgan fingerprint density at radius 2 is 1.46 bits per heavy atom. The van der Waals surface area contributed by atoms with Crippen LogP contribution in [-0.4, -0.2) is 18.3 Å². The van der Waals surface area contributed by atoms with E-state index in [-0.39, 0.29) is 30.4 Å². The molecule has 1 N–H and O–H groups in total. The van der Waals surface area contributed by atoms with E-state index in [4.69, 9.17) is 4.74 Å². The monoisotopic (exact) mass is 371 g/mol. The lowest BCUT2D eigenvalue weighted by Crippen LogP contribution is -2.31. The Bertz CT molecular complexity index is 930. The van der Waals surface area contributed by atoms with Crippen molar-refractivity contribution in [3.8, 4) is 0 Å². The molecule has 4 nitrogen and oxygen atoms in total. The van der Waals surface area contributed by atoms with Gasteiger partial charge in [-0.2, -0.15) is 0 Å². The van der Waals surface area contributed by atoms with Crippen LogP contribution in [-0.2, 0) is 9.53 Å². The fourth-order valence-corrected chi connectivity index (χ4v) is 3.62. The molecular weight excluding hydrogens is 350 g/mol. The first kappa shape index (κ1) is 18.1. The van der Waals surface area contributed by atoms with Crippen molar-refractivity contribution in [1.82, 2.24) is 5.32 Å². The average Bonchev–Trinajstić information content (AvgIpc) is 3.05. The molecule has 1 aliphatic carbocycles. The van der Waals surface area contributed by atoms with Gasteiger partial charge in [0.15, 0.2) is 5.78 Å². The first-order valence-corrected chi connectivity index (χ1v) is 9.35. The van der Waals surface area contributed by atoms with Gasteiger partial charge in [0.2, 0.25) is 5.91 Å². The molecule has 0 radical (unpaired) electrons. The van der Waals surface area contributed by atoms with Crippen LogP contribution in [0.15, 0.2) is 84.9 Å². The molecule has 1 aliphatic rings. The molecule has 4 rings (SSSR count). The summed E-state index contributed by atoms with van der Waals surface area (Å²) in [6, 6.07) is 26.8. The van der Waals surface area contributed by atoms with Crippen molar-refractivity contribution in [2.75, 3.05) is 6.61 Å². The Balaban J connectivity index is 1.45. The van der Waals surface area contributed by atoms with Gasteiger partial charge in [-0.15, -0.1) is 0 Å². The first-order chi connectivity index (χ1) is 13.7. The van der Waals surface area contributed by atoms with E-state index < -0.39 is 0 Å². The van der Waals surface area contributed by atoms with Crippen molar-refractivity contribution in [1.29, 1.82) is 0 Å². The number of ether oxygens (including phenoxy) is 1. The quantitative estimate of drug-likeness (QED) is 0.705. The van der Waals surface area contributed by atoms with Crippen LogP contribution in [0.25, 0.3) is 0 Å². The van der Waals surface area contributed by atoms with Gasteiger partial charge >= 0.3 is 0 Å². The summed E-state index contributed by atoms with van der Waals surface area (Å²) in [6.07, 6.45) is -0.0306. The smallest absolute Gasteiger partial charge is 0.246 e. The molecule has 0 saturated carbocycles. The number of fused-ring (bicyclic) bond motifs is 1. The minimum atomic E-state index is -0.328. The molecule has 3 aromatic rings. The summed E-state index contributed by atoms with van der Waals surface area (Å²) in [6.45, 7) is -0.0820. The van der Waals surface area contributed by atoms with Crippen molar-refractivity contribution >= 4 is 11.7 Å². The molecule has 140 valence electrons. The molecule has 0 fully saturated rings. The number of rotatable bonds is 6. The summed E-state index contributed by atoms with van der Waals surface area (Å²) in [4.78, 5) is 24.6. The van der Waals surface area contributed by atoms with E-state index >= 15 is 0 Å². The first-order valence-electron chi connectivity index (χ1n) is 9.35. The van der Waals surface area contributed by atoms with E-state index in [1.54, 1.807) is 6.07 Å². The Labute approximate surface area is 164 Å². The third-order valence-corrected chi connectivity index (χ3v) is 4.95. The normalized spacial score (nSPS) is 15.5. The Hall–Kier alpha value is -3.24. The summed E-state index contributed by atoms with van der Waals surface area (Å²) in [5.74, 6) is -0.167. The van der Waals surface area contributed by atoms with Crippen LogP contribution in [0.3, 0.4) is 0 Å². The maximum Gasteiger partial charge on any atom is 0.246 e. The minimum Gasteiger partial charge on any atom is -0.359 e. The van der Waals surface area contributed by atoms with E-state index in [1.165, 1.54) is 0 Å². The van der Waals surface area contributed by atoms with Crippen molar-refractivity contribution < 1.29 is 14.3 Å². The van der Waals surface area contributed by atoms with E-state index in [2.05, 4.69) is 5.32 Å². The van der Waals surface area contributed by atoms with Crippen molar-refractivity contribution in [2.24, 2.45) is 0 Å². The number of amides is 1. The number of benzene rings is 3. The molecule has 0 spiro atoms. The average molecular weight is 371 g/mol. The highest BCUT2D eigenvalue weighted by atomic mass is 16.5. The highest BCUT2D eigenvalue weighted by molar-refractivity contribution is 6.01. The standard InChI is InChI=1S/C24H21NO3/c26-22-15-21(19-13-7-8-14-20(19)22)25-23(27)16-28-24(17-9-3-1-4-10-17)18-11-5-2-6-12-18/h1-14,21,24H,15-16H2,(H,25,27)/t21-/m1/s1. The Kier molecular flexibility index (Phi) is 5.31. The number of carbonyl (C=O) groups excluding carboxylic acids is 2. The Morgan fingerprint density at radius 1 is 0.893 bits per heavy atom. The minimum absolute atomic E-state index is 0.0632. The largest absolute Gasteiger partial charge is 0.359 e. The lowest BCUT2D eigenvalue weighted by atomic mass is 10.0. The molecule has 0 unspecified atom stereocenters. The highest BCUT2D eigenvalue weighted by Gasteiger charge is 2.30. The summed E-state index contributed by atoms with van der Waals surface area (Å²) in [7, 11) is 0. The van der Waals surface area contributed by atoms with Crippen molar-refractivity contribution in [3.05, 3.63) is 107 Å². The van der Waals surface area contributed by atoms with Crippen LogP contribution in [0.5, 0.6) is 0 Å². The molecule has 4 heteroatoms. The van der Waals surface area contributed by atoms with E-state index in [0.29, 0.717) is 12.0 Å². The second-order valence-electron chi connectivity index (χ2n) is 6.85. The topological polar surface area (TPSA) is 55.4 Å². The van der Waals surface area contributed by atoms with Crippen LogP contribution in [0.1, 0.15) is 45.6 Å². The zero-order chi connectivity index (χ0) is 19.3. The van der Waals surface area contributed by atoms with Gasteiger partial charge in [0.1, 0.15) is 12.7 Å². The number of hydrogen-bond donors (Lipinski definition) is 1. The van der Waals surface area contributed by atoms with Gasteiger partial charge in [-0.1, -0.05) is 84.9 Å². The molecule has 0 saturated heterocycles. The molecule has 0 heterocycles. The molecule has 0 bridgehead atoms. The maximum atomic E-state index is 12.5. The molecule has 3 aromatic carbocycles. The lowest BCUT2D eigenvalue weighted by molar-refractivity contribution is -0.127. The van der Waals surface area contributed by atoms with Gasteiger partial charge in [0.05, 0.1) is 6.04 Å². The molecular formula is C24H21NO3. The van der Waals surface area contributed by atoms with Gasteiger partial charge in [0, 0.05) is 12.0 Å². The molecule has 0 aliphatic heterocycles. The third kappa shape index (κ3) is 3.87. The Morgan fingerprint density at radius 3 is 2.11 bits per heavy atom. The van der Waals surface area contributed by atoms with Gasteiger partial charge in [0.25, 0.3) is 0 Å². The summed E-state index contributed by atoms with van der Waals surface area (Å²) >= 11 is 0. The molecule has 1 atom stereocenters. The molecule has 1 amide bonds. The fraction of sp³-hybridized carbons (Fsp3) is 0.167.